The lowest BCUT2D eigenvalue weighted by Crippen LogP contribution is -2.05. The van der Waals surface area contributed by atoms with Crippen LogP contribution in [0.2, 0.25) is 0 Å². The van der Waals surface area contributed by atoms with Crippen LogP contribution in [0.1, 0.15) is 27.7 Å². The molecule has 0 atom stereocenters. The van der Waals surface area contributed by atoms with Gasteiger partial charge in [-0.3, -0.25) is 0 Å². The van der Waals surface area contributed by atoms with Gasteiger partial charge in [-0.05, 0) is 27.7 Å². The summed E-state index contributed by atoms with van der Waals surface area (Å²) in [5.74, 6) is 0. The van der Waals surface area contributed by atoms with Gasteiger partial charge in [0.2, 0.25) is 0 Å². The Morgan fingerprint density at radius 2 is 0.833 bits per heavy atom. The third-order valence-corrected chi connectivity index (χ3v) is 1.05. The van der Waals surface area contributed by atoms with E-state index in [-0.39, 0.29) is 0 Å². The van der Waals surface area contributed by atoms with Gasteiger partial charge in [-0.15, -0.1) is 0 Å². The number of rotatable bonds is 4. The number of hydrogen-bond donors (Lipinski definition) is 0. The molecule has 0 heterocycles. The molecular weight excluding hydrogens is 244 g/mol. The van der Waals surface area contributed by atoms with Gasteiger partial charge in [0.25, 0.3) is 0 Å². The Balaban J connectivity index is -0.000000219. The van der Waals surface area contributed by atoms with E-state index in [9.17, 15) is 9.59 Å². The van der Waals surface area contributed by atoms with Crippen LogP contribution >= 0.6 is 0 Å². The highest BCUT2D eigenvalue weighted by Gasteiger charge is 1.96. The van der Waals surface area contributed by atoms with Crippen LogP contribution in [0.5, 0.6) is 0 Å². The number of ether oxygens (including phenoxy) is 4. The Morgan fingerprint density at radius 1 is 0.667 bits per heavy atom. The zero-order valence-electron chi connectivity index (χ0n) is 11.4. The fourth-order valence-corrected chi connectivity index (χ4v) is 0.555. The van der Waals surface area contributed by atoms with E-state index in [1.807, 2.05) is 6.79 Å². The van der Waals surface area contributed by atoms with Crippen molar-refractivity contribution in [3.63, 3.8) is 0 Å². The van der Waals surface area contributed by atoms with Crippen molar-refractivity contribution in [3.8, 4) is 0 Å². The zero-order valence-corrected chi connectivity index (χ0v) is 11.4. The summed E-state index contributed by atoms with van der Waals surface area (Å²) in [5.41, 5.74) is 0. The molecule has 0 saturated carbocycles. The summed E-state index contributed by atoms with van der Waals surface area (Å²) in [6.07, 6.45) is -1.18. The van der Waals surface area contributed by atoms with Crippen LogP contribution < -0.4 is 0 Å². The molecule has 108 valence electrons. The van der Waals surface area contributed by atoms with Crippen molar-refractivity contribution >= 4 is 19.1 Å². The Labute approximate surface area is 107 Å². The van der Waals surface area contributed by atoms with E-state index < -0.39 is 12.3 Å². The summed E-state index contributed by atoms with van der Waals surface area (Å²) in [6, 6.07) is 0. The first-order valence-corrected chi connectivity index (χ1v) is 5.50. The molecular formula is C11H22O7. The minimum atomic E-state index is -0.588. The monoisotopic (exact) mass is 266 g/mol. The van der Waals surface area contributed by atoms with Crippen LogP contribution in [0.3, 0.4) is 0 Å². The maximum absolute atomic E-state index is 10.2. The fourth-order valence-electron chi connectivity index (χ4n) is 0.555. The third kappa shape index (κ3) is 23.8. The van der Waals surface area contributed by atoms with Crippen LogP contribution in [0.25, 0.3) is 0 Å². The molecule has 0 radical (unpaired) electrons. The Bertz CT molecular complexity index is 158. The highest BCUT2D eigenvalue weighted by molar-refractivity contribution is 5.59. The van der Waals surface area contributed by atoms with Crippen LogP contribution in [-0.2, 0) is 23.7 Å². The van der Waals surface area contributed by atoms with Crippen molar-refractivity contribution < 1.29 is 33.3 Å². The second kappa shape index (κ2) is 20.6. The first-order valence-electron chi connectivity index (χ1n) is 5.50. The van der Waals surface area contributed by atoms with E-state index in [0.29, 0.717) is 26.4 Å². The van der Waals surface area contributed by atoms with Gasteiger partial charge < -0.3 is 23.7 Å². The summed E-state index contributed by atoms with van der Waals surface area (Å²) >= 11 is 0. The normalized spacial score (nSPS) is 7.56. The van der Waals surface area contributed by atoms with Crippen molar-refractivity contribution in [1.29, 1.82) is 0 Å². The van der Waals surface area contributed by atoms with Gasteiger partial charge in [0.05, 0.1) is 26.4 Å². The molecule has 0 bridgehead atoms. The average Bonchev–Trinajstić information content (AvgIpc) is 2.34. The number of carbonyl (C=O) groups is 3. The number of hydrogen-bond acceptors (Lipinski definition) is 7. The van der Waals surface area contributed by atoms with Crippen molar-refractivity contribution in [2.45, 2.75) is 27.7 Å². The van der Waals surface area contributed by atoms with Crippen LogP contribution in [0.4, 0.5) is 9.59 Å². The molecule has 0 N–H and O–H groups in total. The minimum Gasteiger partial charge on any atom is -0.435 e. The first kappa shape index (κ1) is 21.5. The van der Waals surface area contributed by atoms with E-state index in [1.165, 1.54) is 0 Å². The van der Waals surface area contributed by atoms with Gasteiger partial charge in [-0.1, -0.05) is 0 Å². The Kier molecular flexibility index (Phi) is 24.6. The molecule has 0 unspecified atom stereocenters. The second-order valence-corrected chi connectivity index (χ2v) is 2.23. The lowest BCUT2D eigenvalue weighted by atomic mass is 10.8. The molecule has 7 nitrogen and oxygen atoms in total. The lowest BCUT2D eigenvalue weighted by molar-refractivity contribution is -0.0980. The SMILES string of the molecule is C=O.CCOC(=O)OCC.CCOC(=O)OCC. The average molecular weight is 266 g/mol. The molecule has 18 heavy (non-hydrogen) atoms. The summed E-state index contributed by atoms with van der Waals surface area (Å²) in [6.45, 7) is 10.4. The van der Waals surface area contributed by atoms with E-state index in [2.05, 4.69) is 18.9 Å². The van der Waals surface area contributed by atoms with Crippen LogP contribution in [0.15, 0.2) is 0 Å². The molecule has 0 aliphatic rings. The summed E-state index contributed by atoms with van der Waals surface area (Å²) in [5, 5.41) is 0. The molecule has 0 rings (SSSR count). The zero-order chi connectivity index (χ0) is 14.8. The van der Waals surface area contributed by atoms with E-state index >= 15 is 0 Å². The number of carbonyl (C=O) groups excluding carboxylic acids is 3. The fraction of sp³-hybridized carbons (Fsp3) is 0.727. The van der Waals surface area contributed by atoms with Gasteiger partial charge in [-0.2, -0.15) is 0 Å². The molecule has 0 aliphatic heterocycles. The molecule has 7 heteroatoms. The maximum Gasteiger partial charge on any atom is 0.508 e. The largest absolute Gasteiger partial charge is 0.508 e. The quantitative estimate of drug-likeness (QED) is 0.720. The van der Waals surface area contributed by atoms with Gasteiger partial charge in [-0.25, -0.2) is 9.59 Å². The van der Waals surface area contributed by atoms with Crippen LogP contribution in [0, 0.1) is 0 Å². The van der Waals surface area contributed by atoms with E-state index in [1.54, 1.807) is 27.7 Å². The smallest absolute Gasteiger partial charge is 0.435 e. The van der Waals surface area contributed by atoms with Crippen molar-refractivity contribution in [2.75, 3.05) is 26.4 Å². The van der Waals surface area contributed by atoms with Crippen LogP contribution in [-0.4, -0.2) is 45.5 Å². The van der Waals surface area contributed by atoms with Crippen molar-refractivity contribution in [2.24, 2.45) is 0 Å². The predicted molar refractivity (Wildman–Crippen MR) is 64.4 cm³/mol. The molecule has 0 aliphatic carbocycles. The molecule has 0 fully saturated rings. The summed E-state index contributed by atoms with van der Waals surface area (Å²) < 4.78 is 17.7. The molecule has 0 amide bonds. The Hall–Kier alpha value is -1.79. The molecule has 0 aromatic rings. The van der Waals surface area contributed by atoms with E-state index in [4.69, 9.17) is 4.79 Å². The maximum atomic E-state index is 10.2. The molecule has 0 aromatic heterocycles. The second-order valence-electron chi connectivity index (χ2n) is 2.23. The van der Waals surface area contributed by atoms with E-state index in [0.717, 1.165) is 0 Å². The Morgan fingerprint density at radius 3 is 0.944 bits per heavy atom. The molecule has 0 saturated heterocycles. The van der Waals surface area contributed by atoms with Gasteiger partial charge in [0.15, 0.2) is 0 Å². The van der Waals surface area contributed by atoms with Crippen molar-refractivity contribution in [1.82, 2.24) is 0 Å². The topological polar surface area (TPSA) is 88.1 Å². The molecule has 0 aromatic carbocycles. The highest BCUT2D eigenvalue weighted by atomic mass is 16.7. The van der Waals surface area contributed by atoms with Gasteiger partial charge in [0.1, 0.15) is 6.79 Å². The van der Waals surface area contributed by atoms with Gasteiger partial charge in [0, 0.05) is 0 Å². The summed E-state index contributed by atoms with van der Waals surface area (Å²) in [4.78, 5) is 28.4. The van der Waals surface area contributed by atoms with Crippen molar-refractivity contribution in [3.05, 3.63) is 0 Å². The third-order valence-electron chi connectivity index (χ3n) is 1.05. The minimum absolute atomic E-state index is 0.374. The van der Waals surface area contributed by atoms with Gasteiger partial charge >= 0.3 is 12.3 Å². The first-order chi connectivity index (χ1) is 8.62. The standard InChI is InChI=1S/2C5H10O3.CH2O/c2*1-3-7-5(6)8-4-2;1-2/h2*3-4H2,1-2H3;1H2. The molecule has 0 spiro atoms. The lowest BCUT2D eigenvalue weighted by Gasteiger charge is -1.98. The predicted octanol–water partition coefficient (Wildman–Crippen LogP) is 2.17. The summed E-state index contributed by atoms with van der Waals surface area (Å²) in [7, 11) is 0. The highest BCUT2D eigenvalue weighted by Crippen LogP contribution is 1.82.